The molecule has 1 heterocycles. The Hall–Kier alpha value is -2.30. The zero-order valence-corrected chi connectivity index (χ0v) is 13.9. The van der Waals surface area contributed by atoms with Gasteiger partial charge in [0.05, 0.1) is 11.6 Å². The monoisotopic (exact) mass is 314 g/mol. The van der Waals surface area contributed by atoms with Crippen LogP contribution in [0.2, 0.25) is 0 Å². The van der Waals surface area contributed by atoms with Gasteiger partial charge in [-0.15, -0.1) is 0 Å². The lowest BCUT2D eigenvalue weighted by atomic mass is 10.1. The van der Waals surface area contributed by atoms with Gasteiger partial charge in [0.1, 0.15) is 5.75 Å². The average Bonchev–Trinajstić information content (AvgIpc) is 2.98. The molecular formula is C18H22N2O3. The number of hydrogen-bond acceptors (Lipinski definition) is 3. The Morgan fingerprint density at radius 1 is 1.39 bits per heavy atom. The molecule has 2 aliphatic rings. The highest BCUT2D eigenvalue weighted by Gasteiger charge is 2.60. The summed E-state index contributed by atoms with van der Waals surface area (Å²) in [5, 5.41) is 5.70. The Balaban J connectivity index is 1.73. The van der Waals surface area contributed by atoms with E-state index >= 15 is 0 Å². The van der Waals surface area contributed by atoms with E-state index in [1.54, 1.807) is 18.2 Å². The van der Waals surface area contributed by atoms with Crippen molar-refractivity contribution in [2.24, 2.45) is 17.3 Å². The largest absolute Gasteiger partial charge is 0.482 e. The molecule has 5 nitrogen and oxygen atoms in total. The summed E-state index contributed by atoms with van der Waals surface area (Å²) in [7, 11) is 0. The number of amides is 2. The standard InChI is InChI=1S/C18H22N2O3/c1-10(2)7-12-16(18(12,3)4)17(22)19-11-5-6-14-13(8-11)20-15(21)9-23-14/h5-8,12,16H,9H2,1-4H3,(H,19,22)(H,20,21)/t12-,16-/m0/s1. The Bertz CT molecular complexity index is 702. The molecule has 0 aromatic heterocycles. The lowest BCUT2D eigenvalue weighted by molar-refractivity contribution is -0.119. The summed E-state index contributed by atoms with van der Waals surface area (Å²) < 4.78 is 5.32. The van der Waals surface area contributed by atoms with Crippen molar-refractivity contribution in [1.82, 2.24) is 0 Å². The van der Waals surface area contributed by atoms with Gasteiger partial charge in [0.15, 0.2) is 6.61 Å². The van der Waals surface area contributed by atoms with Crippen molar-refractivity contribution in [1.29, 1.82) is 0 Å². The summed E-state index contributed by atoms with van der Waals surface area (Å²) in [6.45, 7) is 8.36. The minimum Gasteiger partial charge on any atom is -0.482 e. The van der Waals surface area contributed by atoms with Crippen LogP contribution in [0, 0.1) is 17.3 Å². The second kappa shape index (κ2) is 5.41. The summed E-state index contributed by atoms with van der Waals surface area (Å²) in [6.07, 6.45) is 2.17. The maximum absolute atomic E-state index is 12.6. The van der Waals surface area contributed by atoms with Crippen molar-refractivity contribution in [3.8, 4) is 5.75 Å². The fraction of sp³-hybridized carbons (Fsp3) is 0.444. The van der Waals surface area contributed by atoms with E-state index in [1.807, 2.05) is 0 Å². The van der Waals surface area contributed by atoms with Gasteiger partial charge >= 0.3 is 0 Å². The summed E-state index contributed by atoms with van der Waals surface area (Å²) >= 11 is 0. The molecule has 0 bridgehead atoms. The van der Waals surface area contributed by atoms with Crippen molar-refractivity contribution in [2.75, 3.05) is 17.2 Å². The van der Waals surface area contributed by atoms with Gasteiger partial charge in [-0.05, 0) is 43.4 Å². The molecule has 0 spiro atoms. The molecule has 2 amide bonds. The Morgan fingerprint density at radius 3 is 2.83 bits per heavy atom. The van der Waals surface area contributed by atoms with E-state index < -0.39 is 0 Å². The number of rotatable bonds is 3. The molecule has 2 N–H and O–H groups in total. The van der Waals surface area contributed by atoms with E-state index in [9.17, 15) is 9.59 Å². The van der Waals surface area contributed by atoms with E-state index in [-0.39, 0.29) is 35.7 Å². The molecule has 1 aliphatic carbocycles. The highest BCUT2D eigenvalue weighted by Crippen LogP contribution is 2.59. The molecule has 1 aromatic rings. The molecular weight excluding hydrogens is 292 g/mol. The van der Waals surface area contributed by atoms with Gasteiger partial charge < -0.3 is 15.4 Å². The van der Waals surface area contributed by atoms with E-state index in [0.717, 1.165) is 0 Å². The number of fused-ring (bicyclic) bond motifs is 1. The summed E-state index contributed by atoms with van der Waals surface area (Å²) in [5.41, 5.74) is 2.47. The fourth-order valence-corrected chi connectivity index (χ4v) is 3.23. The lowest BCUT2D eigenvalue weighted by Crippen LogP contribution is -2.25. The molecule has 1 aromatic carbocycles. The normalized spacial score (nSPS) is 23.9. The zero-order valence-electron chi connectivity index (χ0n) is 13.9. The predicted octanol–water partition coefficient (Wildman–Crippen LogP) is 3.19. The van der Waals surface area contributed by atoms with Gasteiger partial charge in [0.25, 0.3) is 5.91 Å². The summed E-state index contributed by atoms with van der Waals surface area (Å²) in [4.78, 5) is 23.9. The highest BCUT2D eigenvalue weighted by molar-refractivity contribution is 5.99. The van der Waals surface area contributed by atoms with Gasteiger partial charge in [-0.2, -0.15) is 0 Å². The fourth-order valence-electron chi connectivity index (χ4n) is 3.23. The number of allylic oxidation sites excluding steroid dienone is 2. The first kappa shape index (κ1) is 15.6. The van der Waals surface area contributed by atoms with Crippen molar-refractivity contribution >= 4 is 23.2 Å². The van der Waals surface area contributed by atoms with Crippen LogP contribution >= 0.6 is 0 Å². The van der Waals surface area contributed by atoms with Gasteiger partial charge in [0, 0.05) is 5.69 Å². The number of carbonyl (C=O) groups excluding carboxylic acids is 2. The average molecular weight is 314 g/mol. The van der Waals surface area contributed by atoms with Crippen LogP contribution in [-0.4, -0.2) is 18.4 Å². The zero-order chi connectivity index (χ0) is 16.8. The van der Waals surface area contributed by atoms with E-state index in [2.05, 4.69) is 44.4 Å². The molecule has 2 atom stereocenters. The second-order valence-corrected chi connectivity index (χ2v) is 7.11. The van der Waals surface area contributed by atoms with Crippen LogP contribution in [0.4, 0.5) is 11.4 Å². The van der Waals surface area contributed by atoms with Crippen LogP contribution in [-0.2, 0) is 9.59 Å². The molecule has 122 valence electrons. The SMILES string of the molecule is CC(C)=C[C@H]1[C@@H](C(=O)Nc2ccc3c(c2)NC(=O)CO3)C1(C)C. The minimum atomic E-state index is -0.187. The Morgan fingerprint density at radius 2 is 2.13 bits per heavy atom. The molecule has 5 heteroatoms. The van der Waals surface area contributed by atoms with Crippen LogP contribution in [0.1, 0.15) is 27.7 Å². The quantitative estimate of drug-likeness (QED) is 0.842. The summed E-state index contributed by atoms with van der Waals surface area (Å²) in [5.74, 6) is 0.692. The molecule has 0 unspecified atom stereocenters. The topological polar surface area (TPSA) is 67.4 Å². The van der Waals surface area contributed by atoms with Crippen LogP contribution in [0.25, 0.3) is 0 Å². The molecule has 1 fully saturated rings. The van der Waals surface area contributed by atoms with Gasteiger partial charge in [0.2, 0.25) is 5.91 Å². The number of benzene rings is 1. The predicted molar refractivity (Wildman–Crippen MR) is 89.4 cm³/mol. The van der Waals surface area contributed by atoms with Crippen molar-refractivity contribution < 1.29 is 14.3 Å². The van der Waals surface area contributed by atoms with E-state index in [0.29, 0.717) is 17.1 Å². The number of nitrogens with one attached hydrogen (secondary N) is 2. The van der Waals surface area contributed by atoms with Gasteiger partial charge in [-0.1, -0.05) is 25.5 Å². The van der Waals surface area contributed by atoms with Gasteiger partial charge in [-0.25, -0.2) is 0 Å². The maximum Gasteiger partial charge on any atom is 0.262 e. The molecule has 1 aliphatic heterocycles. The van der Waals surface area contributed by atoms with Crippen LogP contribution in [0.3, 0.4) is 0 Å². The third-order valence-corrected chi connectivity index (χ3v) is 4.59. The molecule has 0 radical (unpaired) electrons. The molecule has 23 heavy (non-hydrogen) atoms. The number of ether oxygens (including phenoxy) is 1. The van der Waals surface area contributed by atoms with Crippen molar-refractivity contribution in [3.63, 3.8) is 0 Å². The van der Waals surface area contributed by atoms with Gasteiger partial charge in [-0.3, -0.25) is 9.59 Å². The molecule has 3 rings (SSSR count). The summed E-state index contributed by atoms with van der Waals surface area (Å²) in [6, 6.07) is 5.28. The van der Waals surface area contributed by atoms with E-state index in [4.69, 9.17) is 4.74 Å². The third kappa shape index (κ3) is 2.96. The molecule has 0 saturated heterocycles. The molecule has 1 saturated carbocycles. The smallest absolute Gasteiger partial charge is 0.262 e. The van der Waals surface area contributed by atoms with Crippen LogP contribution < -0.4 is 15.4 Å². The highest BCUT2D eigenvalue weighted by atomic mass is 16.5. The third-order valence-electron chi connectivity index (χ3n) is 4.59. The Labute approximate surface area is 136 Å². The maximum atomic E-state index is 12.6. The number of carbonyl (C=O) groups is 2. The first-order valence-corrected chi connectivity index (χ1v) is 7.81. The number of hydrogen-bond donors (Lipinski definition) is 2. The van der Waals surface area contributed by atoms with Crippen molar-refractivity contribution in [2.45, 2.75) is 27.7 Å². The van der Waals surface area contributed by atoms with Crippen LogP contribution in [0.15, 0.2) is 29.8 Å². The van der Waals surface area contributed by atoms with E-state index in [1.165, 1.54) is 5.57 Å². The lowest BCUT2D eigenvalue weighted by Gasteiger charge is -2.18. The number of anilines is 2. The first-order chi connectivity index (χ1) is 10.8. The Kier molecular flexibility index (Phi) is 3.66. The van der Waals surface area contributed by atoms with Crippen molar-refractivity contribution in [3.05, 3.63) is 29.8 Å². The first-order valence-electron chi connectivity index (χ1n) is 7.81. The van der Waals surface area contributed by atoms with Crippen LogP contribution in [0.5, 0.6) is 5.75 Å². The second-order valence-electron chi connectivity index (χ2n) is 7.11. The minimum absolute atomic E-state index is 0.0144.